The average Bonchev–Trinajstić information content (AvgIpc) is 2.73. The SMILES string of the molecule is CCCCCCCCCCCCCCCCP(C)(C)(Cl)c1cccc2ccccc12. The van der Waals surface area contributed by atoms with Gasteiger partial charge in [-0.15, -0.1) is 0 Å². The zero-order valence-electron chi connectivity index (χ0n) is 20.0. The normalized spacial score (nSPS) is 13.4. The first-order valence-corrected chi connectivity index (χ1v) is 16.9. The van der Waals surface area contributed by atoms with Gasteiger partial charge in [-0.3, -0.25) is 0 Å². The molecule has 2 aromatic rings. The molecule has 0 saturated heterocycles. The summed E-state index contributed by atoms with van der Waals surface area (Å²) in [5, 5.41) is 4.06. The first kappa shape index (κ1) is 25.7. The van der Waals surface area contributed by atoms with Crippen LogP contribution >= 0.6 is 17.2 Å². The van der Waals surface area contributed by atoms with Crippen LogP contribution in [-0.4, -0.2) is 19.5 Å². The minimum absolute atomic E-state index is 1.15. The standard InChI is InChI=1S/C28H46ClP/c1-4-5-6-7-8-9-10-11-12-13-14-15-16-19-25-30(2,3,29)28-24-20-22-26-21-17-18-23-27(26)28/h17-18,20-24H,4-16,19,25H2,1-3H3. The van der Waals surface area contributed by atoms with Crippen LogP contribution in [0.4, 0.5) is 0 Å². The van der Waals surface area contributed by atoms with E-state index >= 15 is 0 Å². The second-order valence-corrected chi connectivity index (χ2v) is 18.7. The summed E-state index contributed by atoms with van der Waals surface area (Å²) in [7, 11) is 0. The van der Waals surface area contributed by atoms with Gasteiger partial charge in [-0.2, -0.15) is 0 Å². The van der Waals surface area contributed by atoms with Gasteiger partial charge in [0.15, 0.2) is 0 Å². The summed E-state index contributed by atoms with van der Waals surface area (Å²) in [4.78, 5) is 0. The van der Waals surface area contributed by atoms with Crippen LogP contribution in [0.3, 0.4) is 0 Å². The van der Waals surface area contributed by atoms with Crippen molar-refractivity contribution in [1.29, 1.82) is 0 Å². The molecular formula is C28H46ClP. The number of fused-ring (bicyclic) bond motifs is 1. The molecular weight excluding hydrogens is 403 g/mol. The van der Waals surface area contributed by atoms with Gasteiger partial charge in [0, 0.05) is 0 Å². The molecule has 0 aliphatic carbocycles. The molecule has 0 N–H and O–H groups in total. The number of hydrogen-bond acceptors (Lipinski definition) is 0. The van der Waals surface area contributed by atoms with E-state index < -0.39 is 5.96 Å². The quantitative estimate of drug-likeness (QED) is 0.177. The summed E-state index contributed by atoms with van der Waals surface area (Å²) in [5.74, 6) is -2.36. The molecule has 0 nitrogen and oxygen atoms in total. The van der Waals surface area contributed by atoms with Gasteiger partial charge in [0.1, 0.15) is 0 Å². The minimum atomic E-state index is -2.36. The molecule has 2 heteroatoms. The van der Waals surface area contributed by atoms with E-state index in [1.807, 2.05) is 0 Å². The van der Waals surface area contributed by atoms with Gasteiger partial charge in [0.2, 0.25) is 0 Å². The number of rotatable bonds is 16. The zero-order chi connectivity index (χ0) is 21.7. The van der Waals surface area contributed by atoms with E-state index in [9.17, 15) is 0 Å². The molecule has 0 saturated carbocycles. The summed E-state index contributed by atoms with van der Waals surface area (Å²) in [6.45, 7) is 6.98. The Morgan fingerprint density at radius 1 is 0.600 bits per heavy atom. The van der Waals surface area contributed by atoms with Crippen LogP contribution < -0.4 is 5.30 Å². The number of benzene rings is 2. The van der Waals surface area contributed by atoms with Gasteiger partial charge in [-0.05, 0) is 0 Å². The Morgan fingerprint density at radius 2 is 1.07 bits per heavy atom. The third-order valence-electron chi connectivity index (χ3n) is 6.67. The van der Waals surface area contributed by atoms with Gasteiger partial charge in [0.05, 0.1) is 0 Å². The van der Waals surface area contributed by atoms with Crippen molar-refractivity contribution in [3.05, 3.63) is 42.5 Å². The van der Waals surface area contributed by atoms with Crippen molar-refractivity contribution in [1.82, 2.24) is 0 Å². The summed E-state index contributed by atoms with van der Waals surface area (Å²) < 4.78 is 0. The Morgan fingerprint density at radius 3 is 1.63 bits per heavy atom. The fourth-order valence-electron chi connectivity index (χ4n) is 4.69. The Bertz CT molecular complexity index is 723. The van der Waals surface area contributed by atoms with Crippen LogP contribution in [0.2, 0.25) is 0 Å². The van der Waals surface area contributed by atoms with E-state index in [1.165, 1.54) is 106 Å². The van der Waals surface area contributed by atoms with Crippen LogP contribution in [0.5, 0.6) is 0 Å². The number of unbranched alkanes of at least 4 members (excludes halogenated alkanes) is 13. The van der Waals surface area contributed by atoms with Gasteiger partial charge in [-0.1, -0.05) is 26.2 Å². The van der Waals surface area contributed by atoms with Crippen molar-refractivity contribution in [2.45, 2.75) is 96.8 Å². The van der Waals surface area contributed by atoms with Crippen LogP contribution in [0, 0.1) is 0 Å². The molecule has 0 spiro atoms. The van der Waals surface area contributed by atoms with Crippen molar-refractivity contribution in [3.63, 3.8) is 0 Å². The molecule has 0 bridgehead atoms. The van der Waals surface area contributed by atoms with Crippen molar-refractivity contribution in [2.24, 2.45) is 0 Å². The molecule has 0 aliphatic rings. The second-order valence-electron chi connectivity index (χ2n) is 10.0. The molecule has 170 valence electrons. The molecule has 0 heterocycles. The fraction of sp³-hybridized carbons (Fsp3) is 0.643. The molecule has 0 unspecified atom stereocenters. The summed E-state index contributed by atoms with van der Waals surface area (Å²) in [5.41, 5.74) is 0. The molecule has 0 radical (unpaired) electrons. The van der Waals surface area contributed by atoms with Crippen molar-refractivity contribution < 1.29 is 0 Å². The van der Waals surface area contributed by atoms with Crippen LogP contribution in [0.1, 0.15) is 96.8 Å². The Balaban J connectivity index is 1.60. The predicted molar refractivity (Wildman–Crippen MR) is 143 cm³/mol. The number of hydrogen-bond donors (Lipinski definition) is 0. The summed E-state index contributed by atoms with van der Waals surface area (Å²) >= 11 is 7.38. The van der Waals surface area contributed by atoms with Gasteiger partial charge >= 0.3 is 166 Å². The van der Waals surface area contributed by atoms with Gasteiger partial charge in [-0.25, -0.2) is 0 Å². The first-order chi connectivity index (χ1) is 14.4. The number of halogens is 1. The van der Waals surface area contributed by atoms with Gasteiger partial charge < -0.3 is 0 Å². The third kappa shape index (κ3) is 8.88. The van der Waals surface area contributed by atoms with E-state index in [2.05, 4.69) is 62.7 Å². The maximum absolute atomic E-state index is 7.38. The summed E-state index contributed by atoms with van der Waals surface area (Å²) in [6, 6.07) is 15.4. The monoisotopic (exact) mass is 448 g/mol. The summed E-state index contributed by atoms with van der Waals surface area (Å²) in [6.07, 6.45) is 20.8. The molecule has 0 aromatic heterocycles. The predicted octanol–water partition coefficient (Wildman–Crippen LogP) is 9.91. The van der Waals surface area contributed by atoms with E-state index in [-0.39, 0.29) is 0 Å². The average molecular weight is 449 g/mol. The zero-order valence-corrected chi connectivity index (χ0v) is 21.6. The first-order valence-electron chi connectivity index (χ1n) is 12.6. The fourth-order valence-corrected chi connectivity index (χ4v) is 8.36. The Labute approximate surface area is 191 Å². The molecule has 0 fully saturated rings. The van der Waals surface area contributed by atoms with Gasteiger partial charge in [0.25, 0.3) is 0 Å². The van der Waals surface area contributed by atoms with Crippen molar-refractivity contribution >= 4 is 33.3 Å². The van der Waals surface area contributed by atoms with E-state index in [0.29, 0.717) is 0 Å². The molecule has 30 heavy (non-hydrogen) atoms. The maximum atomic E-state index is 7.38. The molecule has 0 atom stereocenters. The van der Waals surface area contributed by atoms with Crippen molar-refractivity contribution in [3.8, 4) is 0 Å². The molecule has 0 aliphatic heterocycles. The van der Waals surface area contributed by atoms with Crippen LogP contribution in [0.15, 0.2) is 42.5 Å². The van der Waals surface area contributed by atoms with E-state index in [1.54, 1.807) is 0 Å². The Kier molecular flexibility index (Phi) is 11.2. The molecule has 2 aromatic carbocycles. The van der Waals surface area contributed by atoms with Crippen LogP contribution in [0.25, 0.3) is 10.8 Å². The van der Waals surface area contributed by atoms with Crippen molar-refractivity contribution in [2.75, 3.05) is 19.5 Å². The van der Waals surface area contributed by atoms with E-state index in [0.717, 1.165) is 6.16 Å². The topological polar surface area (TPSA) is 0 Å². The second kappa shape index (κ2) is 13.1. The molecule has 0 amide bonds. The molecule has 2 rings (SSSR count). The third-order valence-corrected chi connectivity index (χ3v) is 11.2. The van der Waals surface area contributed by atoms with E-state index in [4.69, 9.17) is 11.2 Å². The van der Waals surface area contributed by atoms with Crippen LogP contribution in [-0.2, 0) is 0 Å². The Hall–Kier alpha value is -0.580.